The number of nitrogens with zero attached hydrogens (tertiary/aromatic N) is 1. The van der Waals surface area contributed by atoms with Crippen molar-refractivity contribution in [1.29, 1.82) is 0 Å². The molecule has 0 heterocycles. The van der Waals surface area contributed by atoms with Crippen LogP contribution in [0.1, 0.15) is 62.4 Å². The number of benzene rings is 1. The standard InChI is InChI=1S/C28H39N3O4/c1-6-9-14-31(26(33)18-30-28(35)24(15-20(4)5)17-25(29)32)19-21-12-10-13-23(16-21)27(34)22(8-3)11-7-2/h7-8,10-13,16,20,24H,2-3,6,9,14-15,17-19H2,1,4-5H3,(H2,29,32)(H,30,35)/b22-11+. The molecule has 0 radical (unpaired) electrons. The lowest BCUT2D eigenvalue weighted by Crippen LogP contribution is -2.43. The van der Waals surface area contributed by atoms with E-state index < -0.39 is 11.8 Å². The first-order chi connectivity index (χ1) is 16.6. The maximum absolute atomic E-state index is 13.0. The average molecular weight is 482 g/mol. The topological polar surface area (TPSA) is 110 Å². The summed E-state index contributed by atoms with van der Waals surface area (Å²) < 4.78 is 0. The third-order valence-electron chi connectivity index (χ3n) is 5.46. The smallest absolute Gasteiger partial charge is 0.242 e. The van der Waals surface area contributed by atoms with E-state index in [4.69, 9.17) is 5.73 Å². The second-order valence-electron chi connectivity index (χ2n) is 8.97. The van der Waals surface area contributed by atoms with E-state index in [9.17, 15) is 19.2 Å². The van der Waals surface area contributed by atoms with E-state index in [0.29, 0.717) is 30.6 Å². The summed E-state index contributed by atoms with van der Waals surface area (Å²) in [6.07, 6.45) is 6.79. The van der Waals surface area contributed by atoms with Crippen molar-refractivity contribution in [2.45, 2.75) is 53.0 Å². The largest absolute Gasteiger partial charge is 0.370 e. The van der Waals surface area contributed by atoms with Crippen molar-refractivity contribution in [3.8, 4) is 0 Å². The van der Waals surface area contributed by atoms with Crippen molar-refractivity contribution in [2.24, 2.45) is 17.6 Å². The monoisotopic (exact) mass is 481 g/mol. The van der Waals surface area contributed by atoms with Crippen LogP contribution < -0.4 is 11.1 Å². The maximum Gasteiger partial charge on any atom is 0.242 e. The zero-order valence-corrected chi connectivity index (χ0v) is 21.2. The van der Waals surface area contributed by atoms with Gasteiger partial charge in [0.25, 0.3) is 0 Å². The summed E-state index contributed by atoms with van der Waals surface area (Å²) in [5.41, 5.74) is 7.03. The molecular formula is C28H39N3O4. The number of ketones is 1. The summed E-state index contributed by atoms with van der Waals surface area (Å²) in [4.78, 5) is 51.4. The molecule has 190 valence electrons. The molecule has 0 aliphatic rings. The number of carbonyl (C=O) groups is 4. The average Bonchev–Trinajstić information content (AvgIpc) is 2.82. The molecule has 0 saturated carbocycles. The molecule has 0 spiro atoms. The van der Waals surface area contributed by atoms with E-state index in [0.717, 1.165) is 18.4 Å². The van der Waals surface area contributed by atoms with Crippen molar-refractivity contribution in [2.75, 3.05) is 13.1 Å². The third-order valence-corrected chi connectivity index (χ3v) is 5.46. The number of primary amides is 1. The highest BCUT2D eigenvalue weighted by Crippen LogP contribution is 2.16. The normalized spacial score (nSPS) is 12.1. The summed E-state index contributed by atoms with van der Waals surface area (Å²) in [7, 11) is 0. The Labute approximate surface area is 209 Å². The molecule has 1 unspecified atom stereocenters. The fourth-order valence-corrected chi connectivity index (χ4v) is 3.72. The van der Waals surface area contributed by atoms with Crippen LogP contribution in [-0.2, 0) is 20.9 Å². The van der Waals surface area contributed by atoms with Gasteiger partial charge in [0, 0.05) is 36.6 Å². The summed E-state index contributed by atoms with van der Waals surface area (Å²) in [5.74, 6) is -1.65. The molecule has 7 heteroatoms. The lowest BCUT2D eigenvalue weighted by atomic mass is 9.93. The van der Waals surface area contributed by atoms with Crippen LogP contribution in [0.25, 0.3) is 0 Å². The maximum atomic E-state index is 13.0. The van der Waals surface area contributed by atoms with Gasteiger partial charge in [-0.15, -0.1) is 0 Å². The number of hydrogen-bond donors (Lipinski definition) is 2. The molecule has 1 atom stereocenters. The number of nitrogens with two attached hydrogens (primary N) is 1. The molecule has 7 nitrogen and oxygen atoms in total. The van der Waals surface area contributed by atoms with Crippen LogP contribution in [0, 0.1) is 11.8 Å². The Bertz CT molecular complexity index is 949. The van der Waals surface area contributed by atoms with Gasteiger partial charge < -0.3 is 16.0 Å². The summed E-state index contributed by atoms with van der Waals surface area (Å²) >= 11 is 0. The van der Waals surface area contributed by atoms with Crippen molar-refractivity contribution in [3.05, 3.63) is 72.4 Å². The van der Waals surface area contributed by atoms with Crippen molar-refractivity contribution >= 4 is 23.5 Å². The summed E-state index contributed by atoms with van der Waals surface area (Å²) in [6.45, 7) is 13.9. The molecule has 3 N–H and O–H groups in total. The van der Waals surface area contributed by atoms with Crippen LogP contribution in [0.3, 0.4) is 0 Å². The number of unbranched alkanes of at least 4 members (excludes halogenated alkanes) is 1. The fraction of sp³-hybridized carbons (Fsp3) is 0.429. The van der Waals surface area contributed by atoms with Gasteiger partial charge in [0.2, 0.25) is 17.7 Å². The highest BCUT2D eigenvalue weighted by molar-refractivity contribution is 6.10. The summed E-state index contributed by atoms with van der Waals surface area (Å²) in [6, 6.07) is 7.12. The van der Waals surface area contributed by atoms with Gasteiger partial charge in [0.05, 0.1) is 6.54 Å². The van der Waals surface area contributed by atoms with Crippen LogP contribution in [0.15, 0.2) is 61.2 Å². The summed E-state index contributed by atoms with van der Waals surface area (Å²) in [5, 5.41) is 2.68. The van der Waals surface area contributed by atoms with E-state index >= 15 is 0 Å². The van der Waals surface area contributed by atoms with Crippen LogP contribution in [0.5, 0.6) is 0 Å². The van der Waals surface area contributed by atoms with Crippen LogP contribution in [0.4, 0.5) is 0 Å². The van der Waals surface area contributed by atoms with E-state index in [1.165, 1.54) is 12.2 Å². The number of allylic oxidation sites excluding steroid dienone is 4. The molecule has 0 aliphatic heterocycles. The predicted octanol–water partition coefficient (Wildman–Crippen LogP) is 3.95. The SMILES string of the molecule is C=C/C=C(\C=C)C(=O)c1cccc(CN(CCCC)C(=O)CNC(=O)C(CC(N)=O)CC(C)C)c1. The van der Waals surface area contributed by atoms with E-state index in [-0.39, 0.29) is 36.5 Å². The molecule has 0 aromatic heterocycles. The number of carbonyl (C=O) groups excluding carboxylic acids is 4. The zero-order valence-electron chi connectivity index (χ0n) is 21.2. The van der Waals surface area contributed by atoms with Gasteiger partial charge in [-0.2, -0.15) is 0 Å². The Hall–Kier alpha value is -3.48. The lowest BCUT2D eigenvalue weighted by molar-refractivity contribution is -0.135. The Kier molecular flexibility index (Phi) is 13.0. The van der Waals surface area contributed by atoms with Crippen molar-refractivity contribution in [1.82, 2.24) is 10.2 Å². The van der Waals surface area contributed by atoms with Crippen molar-refractivity contribution < 1.29 is 19.2 Å². The molecule has 0 aliphatic carbocycles. The van der Waals surface area contributed by atoms with E-state index in [1.807, 2.05) is 26.8 Å². The molecule has 35 heavy (non-hydrogen) atoms. The number of hydrogen-bond acceptors (Lipinski definition) is 4. The van der Waals surface area contributed by atoms with Crippen molar-refractivity contribution in [3.63, 3.8) is 0 Å². The Morgan fingerprint density at radius 2 is 1.89 bits per heavy atom. The van der Waals surface area contributed by atoms with Crippen LogP contribution in [-0.4, -0.2) is 41.5 Å². The Morgan fingerprint density at radius 1 is 1.17 bits per heavy atom. The van der Waals surface area contributed by atoms with Crippen LogP contribution in [0.2, 0.25) is 0 Å². The van der Waals surface area contributed by atoms with Gasteiger partial charge in [-0.25, -0.2) is 0 Å². The number of rotatable bonds is 16. The highest BCUT2D eigenvalue weighted by atomic mass is 16.2. The molecule has 1 aromatic carbocycles. The minimum Gasteiger partial charge on any atom is -0.370 e. The van der Waals surface area contributed by atoms with Gasteiger partial charge in [-0.05, 0) is 30.4 Å². The van der Waals surface area contributed by atoms with Gasteiger partial charge in [0.1, 0.15) is 0 Å². The molecule has 0 bridgehead atoms. The second kappa shape index (κ2) is 15.4. The Balaban J connectivity index is 2.96. The third kappa shape index (κ3) is 10.5. The number of nitrogens with one attached hydrogen (secondary N) is 1. The lowest BCUT2D eigenvalue weighted by Gasteiger charge is -2.24. The van der Waals surface area contributed by atoms with Crippen LogP contribution >= 0.6 is 0 Å². The quantitative estimate of drug-likeness (QED) is 0.212. The van der Waals surface area contributed by atoms with Gasteiger partial charge in [0.15, 0.2) is 5.78 Å². The molecule has 0 fully saturated rings. The van der Waals surface area contributed by atoms with Gasteiger partial charge in [-0.1, -0.05) is 76.8 Å². The second-order valence-corrected chi connectivity index (χ2v) is 8.97. The van der Waals surface area contributed by atoms with Gasteiger partial charge >= 0.3 is 0 Å². The van der Waals surface area contributed by atoms with E-state index in [1.54, 1.807) is 29.2 Å². The first-order valence-corrected chi connectivity index (χ1v) is 12.0. The van der Waals surface area contributed by atoms with E-state index in [2.05, 4.69) is 18.5 Å². The predicted molar refractivity (Wildman–Crippen MR) is 139 cm³/mol. The highest BCUT2D eigenvalue weighted by Gasteiger charge is 2.23. The minimum atomic E-state index is -0.560. The number of amides is 3. The Morgan fingerprint density at radius 3 is 2.46 bits per heavy atom. The molecule has 0 saturated heterocycles. The first kappa shape index (κ1) is 29.6. The molecule has 3 amide bonds. The minimum absolute atomic E-state index is 0.0500. The van der Waals surface area contributed by atoms with Gasteiger partial charge in [-0.3, -0.25) is 19.2 Å². The molecule has 1 aromatic rings. The zero-order chi connectivity index (χ0) is 26.4. The number of Topliss-reactive ketones (excluding diaryl/α,β-unsaturated/α-hetero) is 1. The molecule has 1 rings (SSSR count). The first-order valence-electron chi connectivity index (χ1n) is 12.0. The molecular weight excluding hydrogens is 442 g/mol. The fourth-order valence-electron chi connectivity index (χ4n) is 3.72.